The van der Waals surface area contributed by atoms with Crippen molar-refractivity contribution in [3.8, 4) is 5.75 Å². The standard InChI is InChI=1S/C14H19NO2/c1-9-8-11(4-7-13(9)17-3)14(16)10(2)15-12-5-6-12/h4,7-8,10,12,15H,5-6H2,1-3H3. The largest absolute Gasteiger partial charge is 0.496 e. The minimum atomic E-state index is -0.102. The summed E-state index contributed by atoms with van der Waals surface area (Å²) in [7, 11) is 1.64. The normalized spacial score (nSPS) is 16.6. The van der Waals surface area contributed by atoms with Gasteiger partial charge in [0.05, 0.1) is 13.2 Å². The van der Waals surface area contributed by atoms with Crippen LogP contribution in [0.5, 0.6) is 5.75 Å². The fourth-order valence-corrected chi connectivity index (χ4v) is 1.96. The second-order valence-electron chi connectivity index (χ2n) is 4.71. The van der Waals surface area contributed by atoms with Crippen molar-refractivity contribution in [1.82, 2.24) is 5.32 Å². The molecule has 0 amide bonds. The Balaban J connectivity index is 2.09. The van der Waals surface area contributed by atoms with Crippen molar-refractivity contribution in [2.75, 3.05) is 7.11 Å². The first-order chi connectivity index (χ1) is 8.11. The van der Waals surface area contributed by atoms with Gasteiger partial charge in [-0.15, -0.1) is 0 Å². The Bertz CT molecular complexity index is 424. The van der Waals surface area contributed by atoms with Crippen molar-refractivity contribution in [2.24, 2.45) is 0 Å². The molecule has 1 fully saturated rings. The summed E-state index contributed by atoms with van der Waals surface area (Å²) in [6.07, 6.45) is 2.39. The molecule has 0 heterocycles. The van der Waals surface area contributed by atoms with E-state index in [1.807, 2.05) is 32.0 Å². The summed E-state index contributed by atoms with van der Waals surface area (Å²) >= 11 is 0. The molecule has 0 spiro atoms. The molecule has 0 bridgehead atoms. The van der Waals surface area contributed by atoms with Crippen LogP contribution in [0.25, 0.3) is 0 Å². The first-order valence-corrected chi connectivity index (χ1v) is 6.06. The van der Waals surface area contributed by atoms with Crippen molar-refractivity contribution < 1.29 is 9.53 Å². The van der Waals surface area contributed by atoms with Gasteiger partial charge >= 0.3 is 0 Å². The molecule has 1 aliphatic rings. The van der Waals surface area contributed by atoms with Gasteiger partial charge < -0.3 is 10.1 Å². The summed E-state index contributed by atoms with van der Waals surface area (Å²) in [6.45, 7) is 3.88. The molecule has 3 heteroatoms. The van der Waals surface area contributed by atoms with E-state index in [0.717, 1.165) is 16.9 Å². The number of ether oxygens (including phenoxy) is 1. The number of aryl methyl sites for hydroxylation is 1. The zero-order valence-corrected chi connectivity index (χ0v) is 10.6. The topological polar surface area (TPSA) is 38.3 Å². The zero-order valence-electron chi connectivity index (χ0n) is 10.6. The molecule has 1 N–H and O–H groups in total. The van der Waals surface area contributed by atoms with Crippen LogP contribution >= 0.6 is 0 Å². The van der Waals surface area contributed by atoms with Gasteiger partial charge in [0.15, 0.2) is 5.78 Å². The molecule has 0 radical (unpaired) electrons. The molecule has 1 aromatic rings. The lowest BCUT2D eigenvalue weighted by molar-refractivity contribution is 0.0950. The fourth-order valence-electron chi connectivity index (χ4n) is 1.96. The number of methoxy groups -OCH3 is 1. The Hall–Kier alpha value is -1.35. The van der Waals surface area contributed by atoms with Crippen molar-refractivity contribution in [1.29, 1.82) is 0 Å². The van der Waals surface area contributed by atoms with E-state index in [0.29, 0.717) is 6.04 Å². The molecule has 3 nitrogen and oxygen atoms in total. The molecule has 0 aliphatic heterocycles. The molecule has 0 aromatic heterocycles. The van der Waals surface area contributed by atoms with Crippen LogP contribution in [0.3, 0.4) is 0 Å². The van der Waals surface area contributed by atoms with Crippen LogP contribution in [0, 0.1) is 6.92 Å². The Morgan fingerprint density at radius 3 is 2.71 bits per heavy atom. The summed E-state index contributed by atoms with van der Waals surface area (Å²) in [4.78, 5) is 12.2. The maximum Gasteiger partial charge on any atom is 0.179 e. The van der Waals surface area contributed by atoms with E-state index in [4.69, 9.17) is 4.74 Å². The van der Waals surface area contributed by atoms with E-state index < -0.39 is 0 Å². The van der Waals surface area contributed by atoms with Crippen LogP contribution in [0.4, 0.5) is 0 Å². The highest BCUT2D eigenvalue weighted by molar-refractivity contribution is 6.00. The molecule has 0 saturated heterocycles. The van der Waals surface area contributed by atoms with Crippen molar-refractivity contribution in [2.45, 2.75) is 38.8 Å². The molecule has 1 atom stereocenters. The van der Waals surface area contributed by atoms with Gasteiger partial charge in [-0.05, 0) is 50.5 Å². The second-order valence-corrected chi connectivity index (χ2v) is 4.71. The van der Waals surface area contributed by atoms with E-state index in [1.54, 1.807) is 7.11 Å². The van der Waals surface area contributed by atoms with E-state index >= 15 is 0 Å². The molecule has 2 rings (SSSR count). The molecule has 1 unspecified atom stereocenters. The van der Waals surface area contributed by atoms with Crippen molar-refractivity contribution in [3.63, 3.8) is 0 Å². The second kappa shape index (κ2) is 4.88. The number of Topliss-reactive ketones (excluding diaryl/α,β-unsaturated/α-hetero) is 1. The third kappa shape index (κ3) is 2.86. The first-order valence-electron chi connectivity index (χ1n) is 6.06. The maximum atomic E-state index is 12.2. The van der Waals surface area contributed by atoms with Gasteiger partial charge in [0.25, 0.3) is 0 Å². The number of hydrogen-bond donors (Lipinski definition) is 1. The Morgan fingerprint density at radius 1 is 1.47 bits per heavy atom. The van der Waals surface area contributed by atoms with E-state index in [-0.39, 0.29) is 11.8 Å². The van der Waals surface area contributed by atoms with Crippen LogP contribution in [0.15, 0.2) is 18.2 Å². The van der Waals surface area contributed by atoms with Crippen LogP contribution < -0.4 is 10.1 Å². The molecule has 1 saturated carbocycles. The molecular formula is C14H19NO2. The highest BCUT2D eigenvalue weighted by atomic mass is 16.5. The van der Waals surface area contributed by atoms with Gasteiger partial charge in [-0.3, -0.25) is 4.79 Å². The number of benzene rings is 1. The Kier molecular flexibility index (Phi) is 3.48. The third-order valence-corrected chi connectivity index (χ3v) is 3.14. The van der Waals surface area contributed by atoms with Crippen molar-refractivity contribution >= 4 is 5.78 Å². The SMILES string of the molecule is COc1ccc(C(=O)C(C)NC2CC2)cc1C. The number of carbonyl (C=O) groups excluding carboxylic acids is 1. The summed E-state index contributed by atoms with van der Waals surface area (Å²) < 4.78 is 5.19. The molecular weight excluding hydrogens is 214 g/mol. The summed E-state index contributed by atoms with van der Waals surface area (Å²) in [5, 5.41) is 3.32. The predicted molar refractivity (Wildman–Crippen MR) is 67.7 cm³/mol. The quantitative estimate of drug-likeness (QED) is 0.793. The average molecular weight is 233 g/mol. The molecule has 1 aliphatic carbocycles. The number of carbonyl (C=O) groups is 1. The van der Waals surface area contributed by atoms with E-state index in [1.165, 1.54) is 12.8 Å². The highest BCUT2D eigenvalue weighted by Crippen LogP contribution is 2.22. The summed E-state index contributed by atoms with van der Waals surface area (Å²) in [5.41, 5.74) is 1.75. The molecule has 17 heavy (non-hydrogen) atoms. The lowest BCUT2D eigenvalue weighted by Gasteiger charge is -2.13. The van der Waals surface area contributed by atoms with Crippen LogP contribution in [0.1, 0.15) is 35.7 Å². The molecule has 92 valence electrons. The van der Waals surface area contributed by atoms with E-state index in [2.05, 4.69) is 5.32 Å². The van der Waals surface area contributed by atoms with Gasteiger partial charge in [0, 0.05) is 11.6 Å². The summed E-state index contributed by atoms with van der Waals surface area (Å²) in [6, 6.07) is 6.03. The summed E-state index contributed by atoms with van der Waals surface area (Å²) in [5.74, 6) is 0.979. The number of hydrogen-bond acceptors (Lipinski definition) is 3. The first kappa shape index (κ1) is 12.1. The Labute approximate surface area is 102 Å². The number of nitrogens with one attached hydrogen (secondary N) is 1. The van der Waals surface area contributed by atoms with Gasteiger partial charge in [-0.1, -0.05) is 0 Å². The number of ketones is 1. The van der Waals surface area contributed by atoms with E-state index in [9.17, 15) is 4.79 Å². The van der Waals surface area contributed by atoms with Crippen LogP contribution in [-0.4, -0.2) is 25.0 Å². The zero-order chi connectivity index (χ0) is 12.4. The lowest BCUT2D eigenvalue weighted by Crippen LogP contribution is -2.35. The minimum Gasteiger partial charge on any atom is -0.496 e. The Morgan fingerprint density at radius 2 is 2.18 bits per heavy atom. The van der Waals surface area contributed by atoms with Crippen molar-refractivity contribution in [3.05, 3.63) is 29.3 Å². The fraction of sp³-hybridized carbons (Fsp3) is 0.500. The lowest BCUT2D eigenvalue weighted by atomic mass is 10.0. The monoisotopic (exact) mass is 233 g/mol. The van der Waals surface area contributed by atoms with Crippen LogP contribution in [0.2, 0.25) is 0 Å². The highest BCUT2D eigenvalue weighted by Gasteiger charge is 2.26. The van der Waals surface area contributed by atoms with Gasteiger partial charge in [0.2, 0.25) is 0 Å². The van der Waals surface area contributed by atoms with Crippen LogP contribution in [-0.2, 0) is 0 Å². The van der Waals surface area contributed by atoms with Gasteiger partial charge in [-0.25, -0.2) is 0 Å². The smallest absolute Gasteiger partial charge is 0.179 e. The van der Waals surface area contributed by atoms with Gasteiger partial charge in [-0.2, -0.15) is 0 Å². The average Bonchev–Trinajstić information content (AvgIpc) is 3.11. The maximum absolute atomic E-state index is 12.2. The minimum absolute atomic E-state index is 0.102. The van der Waals surface area contributed by atoms with Gasteiger partial charge in [0.1, 0.15) is 5.75 Å². The third-order valence-electron chi connectivity index (χ3n) is 3.14. The molecule has 1 aromatic carbocycles. The predicted octanol–water partition coefficient (Wildman–Crippen LogP) is 2.33. The number of rotatable bonds is 5.